The molecular weight excluding hydrogens is 284 g/mol. The SMILES string of the molecule is O=C(Oc1ccccc1)C1CC2C3CCCC3C1C1CCCC21. The molecule has 5 aliphatic rings. The third-order valence-corrected chi connectivity index (χ3v) is 7.59. The monoisotopic (exact) mass is 310 g/mol. The van der Waals surface area contributed by atoms with E-state index in [4.69, 9.17) is 4.74 Å². The zero-order valence-corrected chi connectivity index (χ0v) is 13.7. The predicted octanol–water partition coefficient (Wildman–Crippen LogP) is 4.69. The van der Waals surface area contributed by atoms with Gasteiger partial charge in [0.25, 0.3) is 0 Å². The molecule has 2 heteroatoms. The molecule has 0 amide bonds. The predicted molar refractivity (Wildman–Crippen MR) is 88.8 cm³/mol. The van der Waals surface area contributed by atoms with Crippen LogP contribution in [0.25, 0.3) is 0 Å². The van der Waals surface area contributed by atoms with Crippen molar-refractivity contribution in [3.05, 3.63) is 30.3 Å². The lowest BCUT2D eigenvalue weighted by molar-refractivity contribution is -0.157. The van der Waals surface area contributed by atoms with Gasteiger partial charge in [-0.3, -0.25) is 4.79 Å². The number of benzene rings is 1. The number of para-hydroxylation sites is 1. The minimum atomic E-state index is 0.0573. The summed E-state index contributed by atoms with van der Waals surface area (Å²) in [4.78, 5) is 12.9. The van der Waals surface area contributed by atoms with Gasteiger partial charge in [0, 0.05) is 0 Å². The molecule has 2 bridgehead atoms. The van der Waals surface area contributed by atoms with E-state index in [0.29, 0.717) is 11.7 Å². The van der Waals surface area contributed by atoms with E-state index in [1.807, 2.05) is 30.3 Å². The van der Waals surface area contributed by atoms with Crippen molar-refractivity contribution < 1.29 is 9.53 Å². The fraction of sp³-hybridized carbons (Fsp3) is 0.667. The summed E-state index contributed by atoms with van der Waals surface area (Å²) < 4.78 is 5.76. The van der Waals surface area contributed by atoms with Crippen molar-refractivity contribution in [1.29, 1.82) is 0 Å². The van der Waals surface area contributed by atoms with Gasteiger partial charge in [0.1, 0.15) is 5.75 Å². The van der Waals surface area contributed by atoms with Gasteiger partial charge in [-0.1, -0.05) is 31.0 Å². The molecule has 0 aromatic heterocycles. The maximum absolute atomic E-state index is 12.9. The Bertz CT molecular complexity index is 573. The van der Waals surface area contributed by atoms with Crippen LogP contribution >= 0.6 is 0 Å². The second-order valence-corrected chi connectivity index (χ2v) is 8.33. The molecular formula is C21H26O2. The molecule has 0 heterocycles. The Morgan fingerprint density at radius 1 is 0.826 bits per heavy atom. The summed E-state index contributed by atoms with van der Waals surface area (Å²) in [5.41, 5.74) is 0. The average Bonchev–Trinajstić information content (AvgIpc) is 3.25. The standard InChI is InChI=1S/C21H26O2/c22-21(23-13-6-2-1-3-7-13)19-12-18-14-8-4-10-16(14)20(19)17-11-5-9-15(17)18/h1-3,6-7,14-20H,4-5,8-12H2. The highest BCUT2D eigenvalue weighted by molar-refractivity contribution is 5.76. The van der Waals surface area contributed by atoms with Crippen LogP contribution in [0.15, 0.2) is 30.3 Å². The molecule has 5 saturated carbocycles. The Morgan fingerprint density at radius 3 is 2.09 bits per heavy atom. The van der Waals surface area contributed by atoms with Crippen molar-refractivity contribution in [2.45, 2.75) is 44.9 Å². The summed E-state index contributed by atoms with van der Waals surface area (Å²) in [6.07, 6.45) is 9.47. The van der Waals surface area contributed by atoms with E-state index >= 15 is 0 Å². The van der Waals surface area contributed by atoms with Gasteiger partial charge in [-0.05, 0) is 79.7 Å². The van der Waals surface area contributed by atoms with Gasteiger partial charge in [0.05, 0.1) is 5.92 Å². The van der Waals surface area contributed by atoms with Gasteiger partial charge in [-0.25, -0.2) is 0 Å². The first-order valence-corrected chi connectivity index (χ1v) is 9.59. The second kappa shape index (κ2) is 5.36. The van der Waals surface area contributed by atoms with Crippen LogP contribution < -0.4 is 4.74 Å². The summed E-state index contributed by atoms with van der Waals surface area (Å²) in [6, 6.07) is 9.64. The highest BCUT2D eigenvalue weighted by Crippen LogP contribution is 2.65. The molecule has 5 unspecified atom stereocenters. The van der Waals surface area contributed by atoms with Gasteiger partial charge >= 0.3 is 5.97 Å². The van der Waals surface area contributed by atoms with Crippen molar-refractivity contribution in [2.24, 2.45) is 41.4 Å². The van der Waals surface area contributed by atoms with Crippen LogP contribution in [0, 0.1) is 41.4 Å². The summed E-state index contributed by atoms with van der Waals surface area (Å²) in [5, 5.41) is 0. The molecule has 5 fully saturated rings. The number of hydrogen-bond donors (Lipinski definition) is 0. The Balaban J connectivity index is 1.42. The molecule has 0 aliphatic heterocycles. The number of carbonyl (C=O) groups excluding carboxylic acids is 1. The first-order valence-electron chi connectivity index (χ1n) is 9.59. The zero-order valence-electron chi connectivity index (χ0n) is 13.7. The lowest BCUT2D eigenvalue weighted by Gasteiger charge is -2.56. The fourth-order valence-corrected chi connectivity index (χ4v) is 7.02. The van der Waals surface area contributed by atoms with Crippen molar-refractivity contribution in [3.63, 3.8) is 0 Å². The molecule has 0 N–H and O–H groups in total. The summed E-state index contributed by atoms with van der Waals surface area (Å²) in [7, 11) is 0. The van der Waals surface area contributed by atoms with E-state index in [1.54, 1.807) is 0 Å². The number of fused-ring (bicyclic) bond motifs is 1. The van der Waals surface area contributed by atoms with E-state index in [-0.39, 0.29) is 11.9 Å². The van der Waals surface area contributed by atoms with Crippen molar-refractivity contribution in [1.82, 2.24) is 0 Å². The first kappa shape index (κ1) is 14.1. The fourth-order valence-electron chi connectivity index (χ4n) is 7.02. The van der Waals surface area contributed by atoms with Crippen LogP contribution in [-0.2, 0) is 4.79 Å². The van der Waals surface area contributed by atoms with Gasteiger partial charge in [0.2, 0.25) is 0 Å². The van der Waals surface area contributed by atoms with Crippen molar-refractivity contribution in [2.75, 3.05) is 0 Å². The highest BCUT2D eigenvalue weighted by atomic mass is 16.5. The highest BCUT2D eigenvalue weighted by Gasteiger charge is 2.61. The molecule has 1 aromatic rings. The number of ether oxygens (including phenoxy) is 1. The smallest absolute Gasteiger partial charge is 0.314 e. The number of rotatable bonds is 2. The zero-order chi connectivity index (χ0) is 15.4. The summed E-state index contributed by atoms with van der Waals surface area (Å²) in [6.45, 7) is 0. The summed E-state index contributed by atoms with van der Waals surface area (Å²) >= 11 is 0. The van der Waals surface area contributed by atoms with E-state index < -0.39 is 0 Å². The quantitative estimate of drug-likeness (QED) is 0.585. The Kier molecular flexibility index (Phi) is 3.28. The lowest BCUT2D eigenvalue weighted by Crippen LogP contribution is -2.54. The molecule has 0 saturated heterocycles. The Hall–Kier alpha value is -1.31. The maximum atomic E-state index is 12.9. The third kappa shape index (κ3) is 2.10. The third-order valence-electron chi connectivity index (χ3n) is 7.59. The second-order valence-electron chi connectivity index (χ2n) is 8.33. The molecule has 6 rings (SSSR count). The van der Waals surface area contributed by atoms with Crippen molar-refractivity contribution in [3.8, 4) is 5.75 Å². The van der Waals surface area contributed by atoms with Crippen LogP contribution in [0.3, 0.4) is 0 Å². The topological polar surface area (TPSA) is 26.3 Å². The number of hydrogen-bond acceptors (Lipinski definition) is 2. The minimum Gasteiger partial charge on any atom is -0.426 e. The van der Waals surface area contributed by atoms with E-state index in [1.165, 1.54) is 38.5 Å². The van der Waals surface area contributed by atoms with E-state index in [0.717, 1.165) is 36.0 Å². The van der Waals surface area contributed by atoms with Crippen LogP contribution in [0.2, 0.25) is 0 Å². The molecule has 1 aromatic carbocycles. The van der Waals surface area contributed by atoms with Crippen molar-refractivity contribution >= 4 is 5.97 Å². The largest absolute Gasteiger partial charge is 0.426 e. The van der Waals surface area contributed by atoms with Gasteiger partial charge in [-0.2, -0.15) is 0 Å². The van der Waals surface area contributed by atoms with Crippen LogP contribution in [0.4, 0.5) is 0 Å². The minimum absolute atomic E-state index is 0.0573. The van der Waals surface area contributed by atoms with Gasteiger partial charge in [-0.15, -0.1) is 0 Å². The van der Waals surface area contributed by atoms with Gasteiger partial charge < -0.3 is 4.74 Å². The number of carbonyl (C=O) groups is 1. The van der Waals surface area contributed by atoms with Crippen LogP contribution in [0.1, 0.15) is 44.9 Å². The molecule has 2 nitrogen and oxygen atoms in total. The Morgan fingerprint density at radius 2 is 1.43 bits per heavy atom. The molecule has 0 radical (unpaired) electrons. The average molecular weight is 310 g/mol. The van der Waals surface area contributed by atoms with Gasteiger partial charge in [0.15, 0.2) is 0 Å². The molecule has 5 atom stereocenters. The van der Waals surface area contributed by atoms with E-state index in [9.17, 15) is 4.79 Å². The molecule has 23 heavy (non-hydrogen) atoms. The van der Waals surface area contributed by atoms with Crippen LogP contribution in [-0.4, -0.2) is 5.97 Å². The normalized spacial score (nSPS) is 43.9. The summed E-state index contributed by atoms with van der Waals surface area (Å²) in [5.74, 6) is 5.87. The van der Waals surface area contributed by atoms with E-state index in [2.05, 4.69) is 0 Å². The lowest BCUT2D eigenvalue weighted by atomic mass is 9.48. The molecule has 5 aliphatic carbocycles. The Labute approximate surface area is 138 Å². The molecule has 0 spiro atoms. The number of esters is 1. The first-order chi connectivity index (χ1) is 11.3. The molecule has 122 valence electrons. The maximum Gasteiger partial charge on any atom is 0.314 e. The van der Waals surface area contributed by atoms with Crippen LogP contribution in [0.5, 0.6) is 5.75 Å².